The number of aliphatic hydroxyl groups excluding tert-OH is 1. The van der Waals surface area contributed by atoms with Gasteiger partial charge in [0, 0.05) is 6.54 Å². The van der Waals surface area contributed by atoms with Crippen molar-refractivity contribution in [2.45, 2.75) is 36.5 Å². The van der Waals surface area contributed by atoms with E-state index in [0.717, 1.165) is 9.87 Å². The molecule has 2 atom stereocenters. The number of carboxylic acid groups (broad SMARTS) is 1. The van der Waals surface area contributed by atoms with Crippen molar-refractivity contribution in [2.24, 2.45) is 0 Å². The minimum atomic E-state index is -4.08. The Labute approximate surface area is 162 Å². The molecule has 0 aromatic heterocycles. The van der Waals surface area contributed by atoms with Gasteiger partial charge in [-0.15, -0.1) is 0 Å². The molecule has 0 unspecified atom stereocenters. The van der Waals surface area contributed by atoms with E-state index >= 15 is 0 Å². The largest absolute Gasteiger partial charge is 0.489 e. The van der Waals surface area contributed by atoms with E-state index in [1.807, 2.05) is 0 Å². The van der Waals surface area contributed by atoms with E-state index in [1.54, 1.807) is 12.1 Å². The van der Waals surface area contributed by atoms with Crippen LogP contribution in [-0.2, 0) is 21.4 Å². The van der Waals surface area contributed by atoms with Gasteiger partial charge in [0.1, 0.15) is 24.2 Å². The van der Waals surface area contributed by atoms with Crippen molar-refractivity contribution in [3.63, 3.8) is 0 Å². The monoisotopic (exact) mass is 409 g/mol. The van der Waals surface area contributed by atoms with Gasteiger partial charge in [0.05, 0.1) is 11.0 Å². The van der Waals surface area contributed by atoms with Crippen LogP contribution in [0.4, 0.5) is 4.39 Å². The van der Waals surface area contributed by atoms with Crippen LogP contribution >= 0.6 is 0 Å². The second-order valence-electron chi connectivity index (χ2n) is 6.55. The van der Waals surface area contributed by atoms with Crippen molar-refractivity contribution >= 4 is 16.0 Å². The third-order valence-corrected chi connectivity index (χ3v) is 6.43. The Kier molecular flexibility index (Phi) is 5.97. The van der Waals surface area contributed by atoms with Gasteiger partial charge in [0.25, 0.3) is 0 Å². The van der Waals surface area contributed by atoms with Gasteiger partial charge in [0.2, 0.25) is 10.0 Å². The van der Waals surface area contributed by atoms with Gasteiger partial charge in [-0.2, -0.15) is 4.31 Å². The van der Waals surface area contributed by atoms with Crippen LogP contribution in [0.5, 0.6) is 5.75 Å². The minimum absolute atomic E-state index is 0.0502. The highest BCUT2D eigenvalue weighted by atomic mass is 32.2. The average molecular weight is 409 g/mol. The number of hydrogen-bond acceptors (Lipinski definition) is 5. The number of aliphatic carboxylic acids is 1. The number of halogens is 1. The van der Waals surface area contributed by atoms with Crippen LogP contribution in [0.3, 0.4) is 0 Å². The molecule has 0 amide bonds. The summed E-state index contributed by atoms with van der Waals surface area (Å²) in [6.07, 6.45) is -0.614. The first-order valence-corrected chi connectivity index (χ1v) is 10.1. The Morgan fingerprint density at radius 3 is 2.36 bits per heavy atom. The number of carbonyl (C=O) groups is 1. The molecule has 7 nitrogen and oxygen atoms in total. The summed E-state index contributed by atoms with van der Waals surface area (Å²) in [5, 5.41) is 19.1. The summed E-state index contributed by atoms with van der Waals surface area (Å²) in [7, 11) is -4.08. The third kappa shape index (κ3) is 4.49. The molecule has 2 aromatic rings. The summed E-state index contributed by atoms with van der Waals surface area (Å²) >= 11 is 0. The Morgan fingerprint density at radius 2 is 1.75 bits per heavy atom. The molecular formula is C19H20FNO6S. The molecule has 0 spiro atoms. The van der Waals surface area contributed by atoms with Crippen LogP contribution in [0.15, 0.2) is 53.4 Å². The number of ether oxygens (including phenoxy) is 1. The van der Waals surface area contributed by atoms with Gasteiger partial charge in [0.15, 0.2) is 0 Å². The molecule has 28 heavy (non-hydrogen) atoms. The molecule has 2 aromatic carbocycles. The maximum Gasteiger partial charge on any atom is 0.322 e. The van der Waals surface area contributed by atoms with Crippen LogP contribution in [0.1, 0.15) is 18.4 Å². The minimum Gasteiger partial charge on any atom is -0.489 e. The molecular weight excluding hydrogens is 389 g/mol. The molecule has 1 heterocycles. The number of piperidine rings is 1. The van der Waals surface area contributed by atoms with Crippen molar-refractivity contribution < 1.29 is 32.6 Å². The second kappa shape index (κ2) is 8.26. The van der Waals surface area contributed by atoms with E-state index in [0.29, 0.717) is 5.75 Å². The zero-order valence-corrected chi connectivity index (χ0v) is 15.7. The zero-order chi connectivity index (χ0) is 20.3. The summed E-state index contributed by atoms with van der Waals surface area (Å²) in [5.41, 5.74) is 0.754. The molecule has 0 aliphatic carbocycles. The molecule has 0 radical (unpaired) electrons. The van der Waals surface area contributed by atoms with E-state index in [2.05, 4.69) is 0 Å². The normalized spacial score (nSPS) is 20.6. The lowest BCUT2D eigenvalue weighted by Crippen LogP contribution is -2.51. The molecule has 1 aliphatic rings. The molecule has 3 rings (SSSR count). The van der Waals surface area contributed by atoms with Crippen molar-refractivity contribution in [1.29, 1.82) is 0 Å². The second-order valence-corrected chi connectivity index (χ2v) is 8.44. The molecule has 1 saturated heterocycles. The predicted octanol–water partition coefficient (Wildman–Crippen LogP) is 2.00. The van der Waals surface area contributed by atoms with Gasteiger partial charge < -0.3 is 14.9 Å². The first-order chi connectivity index (χ1) is 13.3. The molecule has 0 bridgehead atoms. The molecule has 150 valence electrons. The van der Waals surface area contributed by atoms with E-state index < -0.39 is 28.1 Å². The van der Waals surface area contributed by atoms with Crippen LogP contribution in [0.25, 0.3) is 0 Å². The fraction of sp³-hybridized carbons (Fsp3) is 0.316. The zero-order valence-electron chi connectivity index (χ0n) is 14.9. The Morgan fingerprint density at radius 1 is 1.11 bits per heavy atom. The van der Waals surface area contributed by atoms with Gasteiger partial charge in [-0.25, -0.2) is 12.8 Å². The van der Waals surface area contributed by atoms with Crippen molar-refractivity contribution in [2.75, 3.05) is 6.54 Å². The van der Waals surface area contributed by atoms with Crippen molar-refractivity contribution in [3.05, 3.63) is 59.9 Å². The fourth-order valence-electron chi connectivity index (χ4n) is 3.02. The number of sulfonamides is 1. The number of carboxylic acids is 1. The Hall–Kier alpha value is -2.49. The average Bonchev–Trinajstić information content (AvgIpc) is 2.67. The summed E-state index contributed by atoms with van der Waals surface area (Å²) in [6.45, 7) is -0.0755. The van der Waals surface area contributed by atoms with E-state index in [9.17, 15) is 27.8 Å². The highest BCUT2D eigenvalue weighted by molar-refractivity contribution is 7.89. The van der Waals surface area contributed by atoms with Gasteiger partial charge >= 0.3 is 5.97 Å². The lowest BCUT2D eigenvalue weighted by molar-refractivity contribution is -0.143. The quantitative estimate of drug-likeness (QED) is 0.756. The van der Waals surface area contributed by atoms with E-state index in [-0.39, 0.29) is 36.7 Å². The van der Waals surface area contributed by atoms with Gasteiger partial charge in [-0.1, -0.05) is 12.1 Å². The van der Waals surface area contributed by atoms with Crippen molar-refractivity contribution in [1.82, 2.24) is 4.31 Å². The van der Waals surface area contributed by atoms with Gasteiger partial charge in [-0.05, 0) is 54.8 Å². The number of aliphatic hydroxyl groups is 1. The van der Waals surface area contributed by atoms with E-state index in [1.165, 1.54) is 36.4 Å². The highest BCUT2D eigenvalue weighted by Gasteiger charge is 2.40. The van der Waals surface area contributed by atoms with Gasteiger partial charge in [-0.3, -0.25) is 4.79 Å². The number of nitrogens with zero attached hydrogens (tertiary/aromatic N) is 1. The lowest BCUT2D eigenvalue weighted by Gasteiger charge is -2.34. The maximum atomic E-state index is 12.9. The predicted molar refractivity (Wildman–Crippen MR) is 97.7 cm³/mol. The fourth-order valence-corrected chi connectivity index (χ4v) is 4.67. The lowest BCUT2D eigenvalue weighted by atomic mass is 10.0. The number of hydrogen-bond donors (Lipinski definition) is 2. The molecule has 2 N–H and O–H groups in total. The number of rotatable bonds is 6. The van der Waals surface area contributed by atoms with Crippen molar-refractivity contribution in [3.8, 4) is 5.75 Å². The smallest absolute Gasteiger partial charge is 0.322 e. The van der Waals surface area contributed by atoms with Crippen LogP contribution in [0.2, 0.25) is 0 Å². The summed E-state index contributed by atoms with van der Waals surface area (Å²) in [4.78, 5) is 11.3. The standard InChI is InChI=1S/C19H20FNO6S/c20-14-3-1-13(2-4-14)12-27-16-6-8-17(9-7-16)28(25,26)21-11-15(22)5-10-18(21)19(23)24/h1-4,6-9,15,18,22H,5,10-12H2,(H,23,24)/t15-,18+/m0/s1. The molecule has 0 saturated carbocycles. The first kappa shape index (κ1) is 20.2. The first-order valence-electron chi connectivity index (χ1n) is 8.67. The topological polar surface area (TPSA) is 104 Å². The molecule has 1 aliphatic heterocycles. The number of benzene rings is 2. The maximum absolute atomic E-state index is 12.9. The summed E-state index contributed by atoms with van der Waals surface area (Å²) in [5.74, 6) is -1.17. The SMILES string of the molecule is O=C(O)[C@H]1CC[C@H](O)CN1S(=O)(=O)c1ccc(OCc2ccc(F)cc2)cc1. The highest BCUT2D eigenvalue weighted by Crippen LogP contribution is 2.27. The Bertz CT molecular complexity index is 930. The molecule has 1 fully saturated rings. The van der Waals surface area contributed by atoms with Crippen LogP contribution in [0, 0.1) is 5.82 Å². The summed E-state index contributed by atoms with van der Waals surface area (Å²) in [6, 6.07) is 10.2. The Balaban J connectivity index is 1.73. The van der Waals surface area contributed by atoms with Crippen LogP contribution in [-0.4, -0.2) is 47.6 Å². The molecule has 9 heteroatoms. The summed E-state index contributed by atoms with van der Waals surface area (Å²) < 4.78 is 45.0. The van der Waals surface area contributed by atoms with Crippen LogP contribution < -0.4 is 4.74 Å². The number of β-amino-alcohol motifs (C(OH)–C–C–N with tert-alkyl or cyclic N) is 1. The van der Waals surface area contributed by atoms with E-state index in [4.69, 9.17) is 4.74 Å². The third-order valence-electron chi connectivity index (χ3n) is 4.55.